The molecular formula is C17H19N5O4. The van der Waals surface area contributed by atoms with Gasteiger partial charge in [-0.25, -0.2) is 9.59 Å². The molecule has 0 spiro atoms. The number of carbonyl (C=O) groups is 2. The van der Waals surface area contributed by atoms with E-state index in [-0.39, 0.29) is 0 Å². The van der Waals surface area contributed by atoms with Crippen molar-refractivity contribution in [1.29, 1.82) is 0 Å². The van der Waals surface area contributed by atoms with Gasteiger partial charge in [0.2, 0.25) is 0 Å². The fourth-order valence-corrected chi connectivity index (χ4v) is 2.20. The van der Waals surface area contributed by atoms with Crippen LogP contribution in [0.1, 0.15) is 12.0 Å². The molecule has 0 unspecified atom stereocenters. The molecule has 0 aliphatic carbocycles. The Morgan fingerprint density at radius 1 is 1.15 bits per heavy atom. The summed E-state index contributed by atoms with van der Waals surface area (Å²) < 4.78 is 0. The third-order valence-corrected chi connectivity index (χ3v) is 3.41. The van der Waals surface area contributed by atoms with Gasteiger partial charge in [-0.05, 0) is 25.5 Å². The van der Waals surface area contributed by atoms with Gasteiger partial charge in [0.25, 0.3) is 0 Å². The number of nitrogens with zero attached hydrogens (tertiary/aromatic N) is 3. The molecule has 4 N–H and O–H groups in total. The first-order valence-corrected chi connectivity index (χ1v) is 7.87. The Hall–Kier alpha value is -3.49. The number of hydrogen-bond donors (Lipinski definition) is 4. The van der Waals surface area contributed by atoms with Gasteiger partial charge in [-0.1, -0.05) is 0 Å². The van der Waals surface area contributed by atoms with E-state index in [1.807, 2.05) is 19.1 Å². The number of rotatable bonds is 3. The first kappa shape index (κ1) is 18.8. The predicted molar refractivity (Wildman–Crippen MR) is 97.2 cm³/mol. The van der Waals surface area contributed by atoms with Crippen molar-refractivity contribution in [2.75, 3.05) is 18.4 Å². The van der Waals surface area contributed by atoms with E-state index in [0.29, 0.717) is 12.2 Å². The molecule has 26 heavy (non-hydrogen) atoms. The lowest BCUT2D eigenvalue weighted by atomic mass is 10.1. The highest BCUT2D eigenvalue weighted by molar-refractivity contribution is 5.97. The molecule has 0 saturated heterocycles. The largest absolute Gasteiger partial charge is 0.478 e. The highest BCUT2D eigenvalue weighted by Gasteiger charge is 2.08. The molecule has 9 nitrogen and oxygen atoms in total. The summed E-state index contributed by atoms with van der Waals surface area (Å²) in [7, 11) is 0. The zero-order chi connectivity index (χ0) is 18.9. The van der Waals surface area contributed by atoms with Crippen LogP contribution in [0.25, 0.3) is 11.0 Å². The van der Waals surface area contributed by atoms with Crippen LogP contribution in [0.4, 0.5) is 5.69 Å². The molecule has 2 aromatic rings. The number of anilines is 1. The van der Waals surface area contributed by atoms with E-state index in [2.05, 4.69) is 25.6 Å². The third-order valence-electron chi connectivity index (χ3n) is 3.41. The number of aryl methyl sites for hydroxylation is 1. The van der Waals surface area contributed by atoms with Gasteiger partial charge in [0.15, 0.2) is 5.96 Å². The molecule has 0 amide bonds. The zero-order valence-corrected chi connectivity index (χ0v) is 14.1. The van der Waals surface area contributed by atoms with Gasteiger partial charge in [-0.15, -0.1) is 0 Å². The van der Waals surface area contributed by atoms with E-state index in [1.54, 1.807) is 12.4 Å². The minimum Gasteiger partial charge on any atom is -0.478 e. The summed E-state index contributed by atoms with van der Waals surface area (Å²) >= 11 is 0. The van der Waals surface area contributed by atoms with Gasteiger partial charge in [0, 0.05) is 48.9 Å². The third kappa shape index (κ3) is 5.55. The molecule has 0 radical (unpaired) electrons. The van der Waals surface area contributed by atoms with E-state index in [4.69, 9.17) is 10.2 Å². The number of hydrogen-bond acceptors (Lipinski definition) is 7. The maximum atomic E-state index is 9.55. The SMILES string of the molecule is Cc1c(NC2=NCCCN2)ccc2nccnc12.O=C(O)/C=C/C(=O)O. The van der Waals surface area contributed by atoms with Gasteiger partial charge in [-0.2, -0.15) is 0 Å². The molecule has 0 saturated carbocycles. The Balaban J connectivity index is 0.000000260. The van der Waals surface area contributed by atoms with Crippen molar-refractivity contribution < 1.29 is 19.8 Å². The molecule has 1 aliphatic heterocycles. The zero-order valence-electron chi connectivity index (χ0n) is 14.1. The number of carboxylic acids is 2. The molecule has 1 aromatic carbocycles. The normalized spacial score (nSPS) is 13.3. The smallest absolute Gasteiger partial charge is 0.328 e. The van der Waals surface area contributed by atoms with E-state index in [1.165, 1.54) is 0 Å². The van der Waals surface area contributed by atoms with Crippen LogP contribution in [0.15, 0.2) is 41.7 Å². The number of aliphatic imine (C=N–C) groups is 1. The lowest BCUT2D eigenvalue weighted by Crippen LogP contribution is -2.35. The average molecular weight is 357 g/mol. The summed E-state index contributed by atoms with van der Waals surface area (Å²) in [6.45, 7) is 3.89. The lowest BCUT2D eigenvalue weighted by molar-refractivity contribution is -0.134. The molecule has 0 bridgehead atoms. The first-order valence-electron chi connectivity index (χ1n) is 7.87. The maximum absolute atomic E-state index is 9.55. The summed E-state index contributed by atoms with van der Waals surface area (Å²) in [5.74, 6) is -1.67. The Labute approximate surface area is 149 Å². The highest BCUT2D eigenvalue weighted by Crippen LogP contribution is 2.22. The fourth-order valence-electron chi connectivity index (χ4n) is 2.20. The lowest BCUT2D eigenvalue weighted by Gasteiger charge is -2.17. The van der Waals surface area contributed by atoms with Crippen LogP contribution in [0.3, 0.4) is 0 Å². The molecule has 2 heterocycles. The number of aliphatic carboxylic acids is 2. The second-order valence-corrected chi connectivity index (χ2v) is 5.31. The number of benzene rings is 1. The number of aromatic nitrogens is 2. The minimum absolute atomic E-state index is 0.558. The Morgan fingerprint density at radius 2 is 1.85 bits per heavy atom. The number of guanidine groups is 1. The standard InChI is InChI=1S/C13H15N5.C4H4O4/c1-9-10(18-13-16-5-2-6-17-13)3-4-11-12(9)15-8-7-14-11;5-3(6)1-2-4(7)8/h3-4,7-8H,2,5-6H2,1H3,(H2,16,17,18);1-2H,(H,5,6)(H,7,8)/b;2-1+. The summed E-state index contributed by atoms with van der Waals surface area (Å²) in [6, 6.07) is 3.99. The molecule has 3 rings (SSSR count). The van der Waals surface area contributed by atoms with Crippen molar-refractivity contribution in [1.82, 2.24) is 15.3 Å². The Morgan fingerprint density at radius 3 is 2.46 bits per heavy atom. The quantitative estimate of drug-likeness (QED) is 0.605. The molecule has 0 atom stereocenters. The van der Waals surface area contributed by atoms with Crippen molar-refractivity contribution in [3.8, 4) is 0 Å². The van der Waals surface area contributed by atoms with Crippen LogP contribution >= 0.6 is 0 Å². The van der Waals surface area contributed by atoms with Crippen molar-refractivity contribution in [2.24, 2.45) is 4.99 Å². The number of nitrogens with one attached hydrogen (secondary N) is 2. The minimum atomic E-state index is -1.26. The van der Waals surface area contributed by atoms with Gasteiger partial charge >= 0.3 is 11.9 Å². The Bertz CT molecular complexity index is 847. The molecule has 1 aromatic heterocycles. The summed E-state index contributed by atoms with van der Waals surface area (Å²) in [4.78, 5) is 32.2. The van der Waals surface area contributed by atoms with Crippen LogP contribution in [-0.2, 0) is 9.59 Å². The first-order chi connectivity index (χ1) is 12.5. The maximum Gasteiger partial charge on any atom is 0.328 e. The van der Waals surface area contributed by atoms with E-state index in [9.17, 15) is 9.59 Å². The molecule has 136 valence electrons. The number of carboxylic acid groups (broad SMARTS) is 2. The van der Waals surface area contributed by atoms with Crippen molar-refractivity contribution in [3.05, 3.63) is 42.2 Å². The molecular weight excluding hydrogens is 338 g/mol. The summed E-state index contributed by atoms with van der Waals surface area (Å²) in [6.07, 6.45) is 5.63. The second kappa shape index (κ2) is 9.11. The second-order valence-electron chi connectivity index (χ2n) is 5.31. The van der Waals surface area contributed by atoms with Crippen LogP contribution < -0.4 is 10.6 Å². The average Bonchev–Trinajstić information content (AvgIpc) is 2.64. The topological polar surface area (TPSA) is 137 Å². The van der Waals surface area contributed by atoms with E-state index < -0.39 is 11.9 Å². The molecule has 9 heteroatoms. The van der Waals surface area contributed by atoms with Gasteiger partial charge in [-0.3, -0.25) is 15.0 Å². The van der Waals surface area contributed by atoms with Crippen LogP contribution in [0.2, 0.25) is 0 Å². The van der Waals surface area contributed by atoms with Gasteiger partial charge in [0.1, 0.15) is 0 Å². The van der Waals surface area contributed by atoms with E-state index >= 15 is 0 Å². The number of fused-ring (bicyclic) bond motifs is 1. The van der Waals surface area contributed by atoms with Crippen molar-refractivity contribution >= 4 is 34.6 Å². The van der Waals surface area contributed by atoms with Gasteiger partial charge < -0.3 is 20.8 Å². The summed E-state index contributed by atoms with van der Waals surface area (Å²) in [5.41, 5.74) is 3.96. The van der Waals surface area contributed by atoms with Crippen LogP contribution in [0.5, 0.6) is 0 Å². The predicted octanol–water partition coefficient (Wildman–Crippen LogP) is 1.41. The van der Waals surface area contributed by atoms with Crippen molar-refractivity contribution in [2.45, 2.75) is 13.3 Å². The highest BCUT2D eigenvalue weighted by atomic mass is 16.4. The van der Waals surface area contributed by atoms with Crippen molar-refractivity contribution in [3.63, 3.8) is 0 Å². The summed E-state index contributed by atoms with van der Waals surface area (Å²) in [5, 5.41) is 22.2. The van der Waals surface area contributed by atoms with E-state index in [0.717, 1.165) is 47.8 Å². The Kier molecular flexibility index (Phi) is 6.60. The monoisotopic (exact) mass is 357 g/mol. The van der Waals surface area contributed by atoms with Gasteiger partial charge in [0.05, 0.1) is 11.0 Å². The van der Waals surface area contributed by atoms with Crippen LogP contribution in [0, 0.1) is 6.92 Å². The molecule has 0 fully saturated rings. The molecule has 1 aliphatic rings. The fraction of sp³-hybridized carbons (Fsp3) is 0.235. The van der Waals surface area contributed by atoms with Crippen LogP contribution in [-0.4, -0.2) is 51.2 Å².